The summed E-state index contributed by atoms with van der Waals surface area (Å²) in [6.07, 6.45) is 3.36. The monoisotopic (exact) mass is 523 g/mol. The number of nitrogens with zero attached hydrogens (tertiary/aromatic N) is 4. The van der Waals surface area contributed by atoms with Gasteiger partial charge in [0.1, 0.15) is 18.2 Å². The van der Waals surface area contributed by atoms with E-state index in [1.165, 1.54) is 22.7 Å². The summed E-state index contributed by atoms with van der Waals surface area (Å²) >= 11 is 1.37. The molecule has 0 bridgehead atoms. The number of anilines is 1. The molecule has 3 aromatic rings. The molecular weight excluding hydrogens is 489 g/mol. The van der Waals surface area contributed by atoms with E-state index in [1.807, 2.05) is 37.6 Å². The van der Waals surface area contributed by atoms with Crippen LogP contribution in [0.1, 0.15) is 69.2 Å². The summed E-state index contributed by atoms with van der Waals surface area (Å²) < 4.78 is 17.0. The van der Waals surface area contributed by atoms with Crippen LogP contribution >= 0.6 is 11.8 Å². The average Bonchev–Trinajstić information content (AvgIpc) is 3.19. The highest BCUT2D eigenvalue weighted by Gasteiger charge is 2.41. The van der Waals surface area contributed by atoms with E-state index in [0.29, 0.717) is 17.9 Å². The van der Waals surface area contributed by atoms with Gasteiger partial charge in [-0.05, 0) is 38.5 Å². The molecule has 1 atom stereocenters. The SMILES string of the molecule is CC(C)(C)c1nn(C(C)(C)C)c2c1C(c1ccccc1F)SCC(=O)N2CC(=O)NCc1cccnc1. The van der Waals surface area contributed by atoms with E-state index < -0.39 is 10.8 Å². The Labute approximate surface area is 221 Å². The molecule has 0 saturated carbocycles. The standard InChI is InChI=1S/C28H34FN5O2S/c1-27(2,3)25-23-24(19-11-7-8-12-20(19)29)37-17-22(36)33(26(23)34(32-25)28(4,5)6)16-21(35)31-15-18-10-9-13-30-14-18/h7-14,24H,15-17H2,1-6H3,(H,31,35). The maximum Gasteiger partial charge on any atom is 0.240 e. The Hall–Kier alpha value is -3.20. The maximum atomic E-state index is 15.1. The third kappa shape index (κ3) is 5.71. The molecule has 37 heavy (non-hydrogen) atoms. The first kappa shape index (κ1) is 26.9. The van der Waals surface area contributed by atoms with Crippen LogP contribution in [0.15, 0.2) is 48.8 Å². The minimum Gasteiger partial charge on any atom is -0.350 e. The van der Waals surface area contributed by atoms with Crippen LogP contribution in [0.4, 0.5) is 10.2 Å². The zero-order valence-electron chi connectivity index (χ0n) is 22.2. The van der Waals surface area contributed by atoms with Crippen LogP contribution in [0.25, 0.3) is 0 Å². The molecule has 3 heterocycles. The first-order chi connectivity index (χ1) is 17.4. The number of fused-ring (bicyclic) bond motifs is 1. The fraction of sp³-hybridized carbons (Fsp3) is 0.429. The molecule has 1 aliphatic rings. The van der Waals surface area contributed by atoms with Gasteiger partial charge >= 0.3 is 0 Å². The molecule has 7 nitrogen and oxygen atoms in total. The summed E-state index contributed by atoms with van der Waals surface area (Å²) in [6.45, 7) is 12.3. The highest BCUT2D eigenvalue weighted by atomic mass is 32.2. The Balaban J connectivity index is 1.84. The van der Waals surface area contributed by atoms with Crippen LogP contribution < -0.4 is 10.2 Å². The van der Waals surface area contributed by atoms with Crippen LogP contribution in [0.3, 0.4) is 0 Å². The van der Waals surface area contributed by atoms with Crippen LogP contribution in [0, 0.1) is 5.82 Å². The van der Waals surface area contributed by atoms with Crippen molar-refractivity contribution in [1.82, 2.24) is 20.1 Å². The normalized spacial score (nSPS) is 16.4. The molecule has 9 heteroatoms. The van der Waals surface area contributed by atoms with Crippen molar-refractivity contribution in [3.05, 3.63) is 77.0 Å². The lowest BCUT2D eigenvalue weighted by Gasteiger charge is -2.29. The molecule has 1 aliphatic heterocycles. The van der Waals surface area contributed by atoms with E-state index in [1.54, 1.807) is 30.6 Å². The molecule has 0 saturated heterocycles. The van der Waals surface area contributed by atoms with Crippen molar-refractivity contribution in [1.29, 1.82) is 0 Å². The van der Waals surface area contributed by atoms with E-state index >= 15 is 4.39 Å². The van der Waals surface area contributed by atoms with Gasteiger partial charge in [-0.25, -0.2) is 9.07 Å². The number of hydrogen-bond donors (Lipinski definition) is 1. The van der Waals surface area contributed by atoms with Crippen LogP contribution in [-0.2, 0) is 27.1 Å². The minimum absolute atomic E-state index is 0.108. The fourth-order valence-electron chi connectivity index (χ4n) is 4.38. The summed E-state index contributed by atoms with van der Waals surface area (Å²) in [6, 6.07) is 10.4. The molecule has 0 radical (unpaired) electrons. The highest BCUT2D eigenvalue weighted by molar-refractivity contribution is 8.00. The minimum atomic E-state index is -0.493. The van der Waals surface area contributed by atoms with Gasteiger partial charge in [-0.1, -0.05) is 45.0 Å². The predicted octanol–water partition coefficient (Wildman–Crippen LogP) is 4.96. The molecular formula is C28H34FN5O2S. The molecule has 0 spiro atoms. The number of benzene rings is 1. The van der Waals surface area contributed by atoms with E-state index in [9.17, 15) is 9.59 Å². The van der Waals surface area contributed by atoms with Gasteiger partial charge in [0, 0.05) is 35.5 Å². The highest BCUT2D eigenvalue weighted by Crippen LogP contribution is 2.49. The van der Waals surface area contributed by atoms with Gasteiger partial charge in [-0.3, -0.25) is 19.5 Å². The van der Waals surface area contributed by atoms with E-state index in [4.69, 9.17) is 5.10 Å². The van der Waals surface area contributed by atoms with Crippen molar-refractivity contribution in [2.45, 2.75) is 64.3 Å². The van der Waals surface area contributed by atoms with Gasteiger partial charge in [0.05, 0.1) is 22.2 Å². The smallest absolute Gasteiger partial charge is 0.240 e. The Morgan fingerprint density at radius 1 is 1.14 bits per heavy atom. The topological polar surface area (TPSA) is 80.1 Å². The van der Waals surface area contributed by atoms with Crippen molar-refractivity contribution in [3.63, 3.8) is 0 Å². The summed E-state index contributed by atoms with van der Waals surface area (Å²) in [5.74, 6) is -0.178. The van der Waals surface area contributed by atoms with Crippen LogP contribution in [0.2, 0.25) is 0 Å². The third-order valence-corrected chi connectivity index (χ3v) is 7.37. The lowest BCUT2D eigenvalue weighted by molar-refractivity contribution is -0.123. The lowest BCUT2D eigenvalue weighted by atomic mass is 9.87. The number of thioether (sulfide) groups is 1. The van der Waals surface area contributed by atoms with Crippen molar-refractivity contribution >= 4 is 29.4 Å². The first-order valence-electron chi connectivity index (χ1n) is 12.3. The van der Waals surface area contributed by atoms with Crippen molar-refractivity contribution in [2.24, 2.45) is 0 Å². The number of carbonyl (C=O) groups is 2. The number of rotatable bonds is 5. The number of amides is 2. The molecule has 196 valence electrons. The largest absolute Gasteiger partial charge is 0.350 e. The molecule has 0 fully saturated rings. The first-order valence-corrected chi connectivity index (χ1v) is 13.4. The number of hydrogen-bond acceptors (Lipinski definition) is 5. The Morgan fingerprint density at radius 3 is 2.49 bits per heavy atom. The number of halogens is 1. The second-order valence-corrected chi connectivity index (χ2v) is 12.3. The van der Waals surface area contributed by atoms with Gasteiger partial charge in [-0.15, -0.1) is 11.8 Å². The van der Waals surface area contributed by atoms with Gasteiger partial charge in [-0.2, -0.15) is 5.10 Å². The second-order valence-electron chi connectivity index (χ2n) is 11.2. The van der Waals surface area contributed by atoms with Gasteiger partial charge in [0.25, 0.3) is 0 Å². The van der Waals surface area contributed by atoms with E-state index in [-0.39, 0.29) is 35.3 Å². The third-order valence-electron chi connectivity index (χ3n) is 6.14. The van der Waals surface area contributed by atoms with E-state index in [2.05, 4.69) is 31.1 Å². The average molecular weight is 524 g/mol. The Bertz CT molecular complexity index is 1290. The Kier molecular flexibility index (Phi) is 7.46. The number of nitrogens with one attached hydrogen (secondary N) is 1. The fourth-order valence-corrected chi connectivity index (χ4v) is 5.60. The van der Waals surface area contributed by atoms with Crippen LogP contribution in [0.5, 0.6) is 0 Å². The van der Waals surface area contributed by atoms with Gasteiger partial charge in [0.2, 0.25) is 11.8 Å². The quantitative estimate of drug-likeness (QED) is 0.512. The van der Waals surface area contributed by atoms with Gasteiger partial charge in [0.15, 0.2) is 0 Å². The molecule has 4 rings (SSSR count). The van der Waals surface area contributed by atoms with Crippen molar-refractivity contribution < 1.29 is 14.0 Å². The number of carbonyl (C=O) groups excluding carboxylic acids is 2. The Morgan fingerprint density at radius 2 is 1.86 bits per heavy atom. The zero-order chi connectivity index (χ0) is 27.0. The molecule has 2 aromatic heterocycles. The lowest BCUT2D eigenvalue weighted by Crippen LogP contribution is -2.43. The predicted molar refractivity (Wildman–Crippen MR) is 145 cm³/mol. The molecule has 2 amide bonds. The van der Waals surface area contributed by atoms with Crippen molar-refractivity contribution in [3.8, 4) is 0 Å². The summed E-state index contributed by atoms with van der Waals surface area (Å²) in [5.41, 5.74) is 2.06. The molecule has 1 N–H and O–H groups in total. The zero-order valence-corrected chi connectivity index (χ0v) is 23.0. The number of aromatic nitrogens is 3. The summed E-state index contributed by atoms with van der Waals surface area (Å²) in [5, 5.41) is 7.46. The molecule has 1 unspecified atom stereocenters. The second kappa shape index (κ2) is 10.3. The summed E-state index contributed by atoms with van der Waals surface area (Å²) in [4.78, 5) is 32.3. The summed E-state index contributed by atoms with van der Waals surface area (Å²) in [7, 11) is 0. The van der Waals surface area contributed by atoms with E-state index in [0.717, 1.165) is 16.8 Å². The van der Waals surface area contributed by atoms with Gasteiger partial charge < -0.3 is 5.32 Å². The molecule has 0 aliphatic carbocycles. The molecule has 1 aromatic carbocycles. The maximum absolute atomic E-state index is 15.1. The van der Waals surface area contributed by atoms with Crippen molar-refractivity contribution in [2.75, 3.05) is 17.2 Å². The number of pyridine rings is 1. The van der Waals surface area contributed by atoms with Crippen LogP contribution in [-0.4, -0.2) is 38.9 Å².